The SMILES string of the molecule is O=C(NCc1ccc(OCc2ccc(F)cc2)cc1)/C(=C/c1cccs1)NC(=O)c1ccccc1. The maximum absolute atomic E-state index is 13.0. The number of thiophene rings is 1. The molecule has 4 aromatic rings. The molecule has 0 spiro atoms. The largest absolute Gasteiger partial charge is 0.489 e. The van der Waals surface area contributed by atoms with Gasteiger partial charge in [0.25, 0.3) is 11.8 Å². The normalized spacial score (nSPS) is 11.1. The van der Waals surface area contributed by atoms with Gasteiger partial charge in [-0.05, 0) is 65.0 Å². The van der Waals surface area contributed by atoms with Gasteiger partial charge in [-0.2, -0.15) is 0 Å². The molecule has 0 radical (unpaired) electrons. The standard InChI is InChI=1S/C28H23FN2O3S/c29-23-12-8-21(9-13-23)19-34-24-14-10-20(11-15-24)18-30-28(33)26(17-25-7-4-16-35-25)31-27(32)22-5-2-1-3-6-22/h1-17H,18-19H2,(H,30,33)(H,31,32)/b26-17-. The Hall–Kier alpha value is -4.23. The molecule has 2 N–H and O–H groups in total. The summed E-state index contributed by atoms with van der Waals surface area (Å²) in [5, 5.41) is 7.49. The lowest BCUT2D eigenvalue weighted by molar-refractivity contribution is -0.117. The van der Waals surface area contributed by atoms with Crippen LogP contribution in [0.15, 0.2) is 102 Å². The summed E-state index contributed by atoms with van der Waals surface area (Å²) in [6.07, 6.45) is 1.66. The molecule has 4 rings (SSSR count). The number of carbonyl (C=O) groups excluding carboxylic acids is 2. The smallest absolute Gasteiger partial charge is 0.268 e. The molecule has 5 nitrogen and oxygen atoms in total. The van der Waals surface area contributed by atoms with Gasteiger partial charge in [0.15, 0.2) is 0 Å². The summed E-state index contributed by atoms with van der Waals surface area (Å²) in [7, 11) is 0. The number of hydrogen-bond donors (Lipinski definition) is 2. The fourth-order valence-corrected chi connectivity index (χ4v) is 3.84. The van der Waals surface area contributed by atoms with Crippen molar-refractivity contribution < 1.29 is 18.7 Å². The Balaban J connectivity index is 1.36. The summed E-state index contributed by atoms with van der Waals surface area (Å²) in [6, 6.07) is 26.0. The number of hydrogen-bond acceptors (Lipinski definition) is 4. The summed E-state index contributed by atoms with van der Waals surface area (Å²) in [4.78, 5) is 26.4. The molecule has 1 heterocycles. The first-order chi connectivity index (χ1) is 17.1. The van der Waals surface area contributed by atoms with Gasteiger partial charge in [-0.15, -0.1) is 11.3 Å². The minimum atomic E-state index is -0.390. The van der Waals surface area contributed by atoms with Crippen molar-refractivity contribution in [1.29, 1.82) is 0 Å². The molecule has 1 aromatic heterocycles. The Labute approximate surface area is 206 Å². The number of carbonyl (C=O) groups is 2. The van der Waals surface area contributed by atoms with Crippen LogP contribution in [0.25, 0.3) is 6.08 Å². The predicted octanol–water partition coefficient (Wildman–Crippen LogP) is 5.55. The van der Waals surface area contributed by atoms with Crippen LogP contribution < -0.4 is 15.4 Å². The maximum Gasteiger partial charge on any atom is 0.268 e. The van der Waals surface area contributed by atoms with Crippen LogP contribution in [0.1, 0.15) is 26.4 Å². The molecule has 0 aliphatic carbocycles. The molecule has 2 amide bonds. The van der Waals surface area contributed by atoms with E-state index in [1.807, 2.05) is 47.8 Å². The summed E-state index contributed by atoms with van der Waals surface area (Å²) in [5.74, 6) is -0.364. The molecule has 3 aromatic carbocycles. The van der Waals surface area contributed by atoms with Crippen LogP contribution in [0.2, 0.25) is 0 Å². The summed E-state index contributed by atoms with van der Waals surface area (Å²) in [5.41, 5.74) is 2.37. The van der Waals surface area contributed by atoms with Crippen molar-refractivity contribution >= 4 is 29.2 Å². The van der Waals surface area contributed by atoms with Crippen LogP contribution >= 0.6 is 11.3 Å². The quantitative estimate of drug-likeness (QED) is 0.305. The van der Waals surface area contributed by atoms with Crippen LogP contribution in [0.5, 0.6) is 5.75 Å². The lowest BCUT2D eigenvalue weighted by atomic mass is 10.2. The van der Waals surface area contributed by atoms with Gasteiger partial charge in [0, 0.05) is 17.0 Å². The van der Waals surface area contributed by atoms with E-state index in [2.05, 4.69) is 10.6 Å². The average molecular weight is 487 g/mol. The summed E-state index contributed by atoms with van der Waals surface area (Å²) < 4.78 is 18.7. The van der Waals surface area contributed by atoms with Gasteiger partial charge in [-0.3, -0.25) is 9.59 Å². The zero-order valence-electron chi connectivity index (χ0n) is 18.7. The van der Waals surface area contributed by atoms with E-state index in [9.17, 15) is 14.0 Å². The lowest BCUT2D eigenvalue weighted by Gasteiger charge is -2.12. The Kier molecular flexibility index (Phi) is 8.04. The van der Waals surface area contributed by atoms with Gasteiger partial charge in [0.1, 0.15) is 23.9 Å². The fourth-order valence-electron chi connectivity index (χ4n) is 3.19. The molecule has 0 saturated carbocycles. The highest BCUT2D eigenvalue weighted by molar-refractivity contribution is 7.10. The minimum Gasteiger partial charge on any atom is -0.489 e. The highest BCUT2D eigenvalue weighted by atomic mass is 32.1. The Bertz CT molecular complexity index is 1290. The van der Waals surface area contributed by atoms with Crippen LogP contribution in [0, 0.1) is 5.82 Å². The Morgan fingerprint density at radius 3 is 2.26 bits per heavy atom. The second kappa shape index (κ2) is 11.8. The van der Waals surface area contributed by atoms with Crippen molar-refractivity contribution in [2.24, 2.45) is 0 Å². The van der Waals surface area contributed by atoms with E-state index in [1.165, 1.54) is 23.5 Å². The van der Waals surface area contributed by atoms with Gasteiger partial charge in [0.05, 0.1) is 0 Å². The van der Waals surface area contributed by atoms with Crippen molar-refractivity contribution in [3.8, 4) is 5.75 Å². The minimum absolute atomic E-state index is 0.167. The second-order valence-electron chi connectivity index (χ2n) is 7.64. The second-order valence-corrected chi connectivity index (χ2v) is 8.61. The van der Waals surface area contributed by atoms with Crippen LogP contribution in [0.4, 0.5) is 4.39 Å². The number of nitrogens with one attached hydrogen (secondary N) is 2. The third-order valence-corrected chi connectivity index (χ3v) is 5.87. The molecular formula is C28H23FN2O3S. The predicted molar refractivity (Wildman–Crippen MR) is 135 cm³/mol. The molecule has 176 valence electrons. The first kappa shape index (κ1) is 23.9. The topological polar surface area (TPSA) is 67.4 Å². The third-order valence-electron chi connectivity index (χ3n) is 5.05. The Morgan fingerprint density at radius 2 is 1.57 bits per heavy atom. The molecular weight excluding hydrogens is 463 g/mol. The summed E-state index contributed by atoms with van der Waals surface area (Å²) >= 11 is 1.47. The average Bonchev–Trinajstić information content (AvgIpc) is 3.41. The van der Waals surface area contributed by atoms with E-state index < -0.39 is 0 Å². The number of amides is 2. The van der Waals surface area contributed by atoms with E-state index in [4.69, 9.17) is 4.74 Å². The number of ether oxygens (including phenoxy) is 1. The lowest BCUT2D eigenvalue weighted by Crippen LogP contribution is -2.34. The van der Waals surface area contributed by atoms with E-state index in [0.29, 0.717) is 17.9 Å². The molecule has 0 aliphatic heterocycles. The molecule has 7 heteroatoms. The highest BCUT2D eigenvalue weighted by Gasteiger charge is 2.15. The molecule has 35 heavy (non-hydrogen) atoms. The number of rotatable bonds is 9. The maximum atomic E-state index is 13.0. The van der Waals surface area contributed by atoms with E-state index in [-0.39, 0.29) is 29.9 Å². The first-order valence-corrected chi connectivity index (χ1v) is 11.8. The third kappa shape index (κ3) is 7.12. The van der Waals surface area contributed by atoms with Crippen LogP contribution in [-0.4, -0.2) is 11.8 Å². The zero-order chi connectivity index (χ0) is 24.5. The molecule has 0 fully saturated rings. The molecule has 0 bridgehead atoms. The van der Waals surface area contributed by atoms with Gasteiger partial charge in [-0.1, -0.05) is 48.5 Å². The molecule has 0 aliphatic rings. The summed E-state index contributed by atoms with van der Waals surface area (Å²) in [6.45, 7) is 0.606. The highest BCUT2D eigenvalue weighted by Crippen LogP contribution is 2.16. The van der Waals surface area contributed by atoms with E-state index >= 15 is 0 Å². The number of benzene rings is 3. The first-order valence-electron chi connectivity index (χ1n) is 10.9. The van der Waals surface area contributed by atoms with E-state index in [1.54, 1.807) is 42.5 Å². The molecule has 0 saturated heterocycles. The van der Waals surface area contributed by atoms with Gasteiger partial charge < -0.3 is 15.4 Å². The van der Waals surface area contributed by atoms with Crippen molar-refractivity contribution in [3.63, 3.8) is 0 Å². The van der Waals surface area contributed by atoms with Gasteiger partial charge >= 0.3 is 0 Å². The van der Waals surface area contributed by atoms with Crippen molar-refractivity contribution in [2.75, 3.05) is 0 Å². The van der Waals surface area contributed by atoms with Crippen molar-refractivity contribution in [1.82, 2.24) is 10.6 Å². The van der Waals surface area contributed by atoms with Gasteiger partial charge in [0.2, 0.25) is 0 Å². The molecule has 0 atom stereocenters. The Morgan fingerprint density at radius 1 is 0.857 bits per heavy atom. The fraction of sp³-hybridized carbons (Fsp3) is 0.0714. The number of halogens is 1. The van der Waals surface area contributed by atoms with Crippen LogP contribution in [-0.2, 0) is 17.9 Å². The zero-order valence-corrected chi connectivity index (χ0v) is 19.6. The molecule has 0 unspecified atom stereocenters. The van der Waals surface area contributed by atoms with Crippen LogP contribution in [0.3, 0.4) is 0 Å². The van der Waals surface area contributed by atoms with E-state index in [0.717, 1.165) is 16.0 Å². The monoisotopic (exact) mass is 486 g/mol. The van der Waals surface area contributed by atoms with Crippen molar-refractivity contribution in [3.05, 3.63) is 129 Å². The van der Waals surface area contributed by atoms with Crippen molar-refractivity contribution in [2.45, 2.75) is 13.2 Å². The van der Waals surface area contributed by atoms with Gasteiger partial charge in [-0.25, -0.2) is 4.39 Å².